The lowest BCUT2D eigenvalue weighted by Crippen LogP contribution is -2.55. The summed E-state index contributed by atoms with van der Waals surface area (Å²) in [6, 6.07) is 0. The van der Waals surface area contributed by atoms with E-state index in [-0.39, 0.29) is 50.1 Å². The van der Waals surface area contributed by atoms with Crippen molar-refractivity contribution in [1.29, 1.82) is 0 Å². The average molecular weight is 606 g/mol. The van der Waals surface area contributed by atoms with Crippen LogP contribution < -0.4 is 0 Å². The topological polar surface area (TPSA) is 101 Å². The van der Waals surface area contributed by atoms with Gasteiger partial charge in [0.2, 0.25) is 0 Å². The molecule has 0 amide bonds. The first-order valence-electron chi connectivity index (χ1n) is 15.3. The summed E-state index contributed by atoms with van der Waals surface area (Å²) >= 11 is 0. The van der Waals surface area contributed by atoms with Crippen molar-refractivity contribution in [3.05, 3.63) is 0 Å². The molecule has 9 nitrogen and oxygen atoms in total. The average Bonchev–Trinajstić information content (AvgIpc) is 3.16. The normalized spacial score (nSPS) is 21.5. The van der Waals surface area contributed by atoms with E-state index in [0.29, 0.717) is 6.42 Å². The number of ether oxygens (including phenoxy) is 2. The zero-order valence-corrected chi connectivity index (χ0v) is 29.3. The Bertz CT molecular complexity index is 873. The number of carbonyl (C=O) groups excluding carboxylic acids is 2. The maximum atomic E-state index is 14.3. The van der Waals surface area contributed by atoms with Gasteiger partial charge in [0.05, 0.1) is 32.5 Å². The zero-order chi connectivity index (χ0) is 32.0. The van der Waals surface area contributed by atoms with E-state index in [0.717, 1.165) is 6.42 Å². The Balaban J connectivity index is 3.69. The lowest BCUT2D eigenvalue weighted by atomic mass is 9.78. The molecule has 41 heavy (non-hydrogen) atoms. The minimum absolute atomic E-state index is 0.0145. The summed E-state index contributed by atoms with van der Waals surface area (Å²) in [7, 11) is -3.66. The summed E-state index contributed by atoms with van der Waals surface area (Å²) in [5.41, 5.74) is -2.59. The highest BCUT2D eigenvalue weighted by molar-refractivity contribution is 7.54. The van der Waals surface area contributed by atoms with Crippen LogP contribution in [-0.2, 0) is 37.5 Å². The second-order valence-electron chi connectivity index (χ2n) is 14.5. The van der Waals surface area contributed by atoms with Crippen molar-refractivity contribution in [1.82, 2.24) is 5.06 Å². The number of hydrogen-bond acceptors (Lipinski definition) is 9. The largest absolute Gasteiger partial charge is 0.465 e. The van der Waals surface area contributed by atoms with Crippen LogP contribution in [0.5, 0.6) is 0 Å². The van der Waals surface area contributed by atoms with E-state index in [4.69, 9.17) is 23.4 Å². The van der Waals surface area contributed by atoms with E-state index >= 15 is 0 Å². The third kappa shape index (κ3) is 9.76. The van der Waals surface area contributed by atoms with Gasteiger partial charge in [0.15, 0.2) is 5.41 Å². The fourth-order valence-corrected chi connectivity index (χ4v) is 8.78. The maximum Gasteiger partial charge on any atom is 0.350 e. The molecule has 10 heteroatoms. The zero-order valence-electron chi connectivity index (χ0n) is 28.4. The molecule has 4 atom stereocenters. The van der Waals surface area contributed by atoms with E-state index < -0.39 is 47.8 Å². The van der Waals surface area contributed by atoms with E-state index in [9.17, 15) is 14.2 Å². The van der Waals surface area contributed by atoms with Gasteiger partial charge in [-0.3, -0.25) is 19.0 Å². The van der Waals surface area contributed by atoms with Gasteiger partial charge in [0, 0.05) is 5.54 Å². The van der Waals surface area contributed by atoms with Crippen LogP contribution in [0.1, 0.15) is 116 Å². The third-order valence-electron chi connectivity index (χ3n) is 7.47. The summed E-state index contributed by atoms with van der Waals surface area (Å²) in [5.74, 6) is -1.99. The van der Waals surface area contributed by atoms with Crippen LogP contribution in [0.2, 0.25) is 0 Å². The SMILES string of the molecule is CCOC(=O)C1(C(=O)OCC)C[C@H](CC(C)(C)C)[C@H](C(C)ON(C(C(C)(C)C)P(=O)(OCC)OCC)C(C)(C)C)C1. The molecule has 0 bridgehead atoms. The van der Waals surface area contributed by atoms with Crippen LogP contribution in [0.15, 0.2) is 0 Å². The van der Waals surface area contributed by atoms with Gasteiger partial charge in [0.1, 0.15) is 5.78 Å². The Morgan fingerprint density at radius 2 is 1.29 bits per heavy atom. The lowest BCUT2D eigenvalue weighted by Gasteiger charge is -2.49. The molecule has 0 N–H and O–H groups in total. The number of hydroxylamine groups is 2. The van der Waals surface area contributed by atoms with Gasteiger partial charge < -0.3 is 18.5 Å². The third-order valence-corrected chi connectivity index (χ3v) is 10.3. The molecule has 1 aliphatic carbocycles. The molecule has 0 heterocycles. The molecule has 1 aliphatic rings. The predicted octanol–water partition coefficient (Wildman–Crippen LogP) is 7.62. The standard InChI is InChI=1S/C31H60NO8P/c1-15-36-26(33)31(27(34)37-16-2)20-23(19-28(6,7)8)24(21-31)22(5)40-32(30(12,13)14)25(29(9,10)11)41(35,38-17-3)39-18-4/h22-25H,15-21H2,1-14H3/t22?,23-,24-,25?/m0/s1. The van der Waals surface area contributed by atoms with Gasteiger partial charge in [-0.15, -0.1) is 0 Å². The molecular weight excluding hydrogens is 545 g/mol. The number of carbonyl (C=O) groups is 2. The summed E-state index contributed by atoms with van der Waals surface area (Å²) < 4.78 is 37.0. The Kier molecular flexibility index (Phi) is 13.6. The highest BCUT2D eigenvalue weighted by atomic mass is 31.2. The first-order valence-corrected chi connectivity index (χ1v) is 16.9. The van der Waals surface area contributed by atoms with Gasteiger partial charge in [-0.05, 0) is 97.3 Å². The molecule has 0 aromatic heterocycles. The highest BCUT2D eigenvalue weighted by Gasteiger charge is 2.60. The molecule has 1 rings (SSSR count). The summed E-state index contributed by atoms with van der Waals surface area (Å²) in [4.78, 5) is 33.7. The molecule has 0 aromatic rings. The molecule has 2 unspecified atom stereocenters. The van der Waals surface area contributed by atoms with E-state index in [1.165, 1.54) is 0 Å². The molecule has 0 saturated heterocycles. The maximum absolute atomic E-state index is 14.3. The number of nitrogens with zero attached hydrogens (tertiary/aromatic N) is 1. The van der Waals surface area contributed by atoms with Gasteiger partial charge in [-0.2, -0.15) is 5.06 Å². The monoisotopic (exact) mass is 605 g/mol. The molecular formula is C31H60NO8P. The van der Waals surface area contributed by atoms with Crippen molar-refractivity contribution in [3.8, 4) is 0 Å². The van der Waals surface area contributed by atoms with Crippen molar-refractivity contribution >= 4 is 19.5 Å². The lowest BCUT2D eigenvalue weighted by molar-refractivity contribution is -0.274. The Labute approximate surface area is 250 Å². The fourth-order valence-electron chi connectivity index (χ4n) is 6.10. The number of esters is 2. The van der Waals surface area contributed by atoms with Crippen LogP contribution in [0.3, 0.4) is 0 Å². The number of hydrogen-bond donors (Lipinski definition) is 0. The van der Waals surface area contributed by atoms with E-state index in [2.05, 4.69) is 20.8 Å². The number of rotatable bonds is 14. The van der Waals surface area contributed by atoms with E-state index in [1.807, 2.05) is 48.5 Å². The minimum atomic E-state index is -3.66. The summed E-state index contributed by atoms with van der Waals surface area (Å²) in [6.45, 7) is 28.3. The second-order valence-corrected chi connectivity index (χ2v) is 16.6. The van der Waals surface area contributed by atoms with Crippen molar-refractivity contribution in [3.63, 3.8) is 0 Å². The van der Waals surface area contributed by atoms with E-state index in [1.54, 1.807) is 32.8 Å². The fraction of sp³-hybridized carbons (Fsp3) is 0.935. The van der Waals surface area contributed by atoms with Crippen LogP contribution in [-0.4, -0.2) is 60.9 Å². The van der Waals surface area contributed by atoms with Crippen LogP contribution in [0, 0.1) is 28.1 Å². The molecule has 0 aromatic carbocycles. The summed E-state index contributed by atoms with van der Waals surface area (Å²) in [5, 5.41) is 1.78. The molecule has 1 fully saturated rings. The molecule has 0 spiro atoms. The van der Waals surface area contributed by atoms with Crippen LogP contribution >= 0.6 is 7.60 Å². The van der Waals surface area contributed by atoms with Crippen molar-refractivity contribution in [2.24, 2.45) is 28.1 Å². The first kappa shape index (κ1) is 38.0. The Hall–Kier alpha value is -0.990. The van der Waals surface area contributed by atoms with Gasteiger partial charge in [-0.25, -0.2) is 0 Å². The van der Waals surface area contributed by atoms with Crippen molar-refractivity contribution < 1.29 is 37.5 Å². The smallest absolute Gasteiger partial charge is 0.350 e. The minimum Gasteiger partial charge on any atom is -0.465 e. The predicted molar refractivity (Wildman–Crippen MR) is 162 cm³/mol. The molecule has 0 aliphatic heterocycles. The van der Waals surface area contributed by atoms with Gasteiger partial charge in [0.25, 0.3) is 0 Å². The van der Waals surface area contributed by atoms with Gasteiger partial charge in [-0.1, -0.05) is 41.5 Å². The Morgan fingerprint density at radius 3 is 1.63 bits per heavy atom. The van der Waals surface area contributed by atoms with Crippen LogP contribution in [0.25, 0.3) is 0 Å². The molecule has 242 valence electrons. The Morgan fingerprint density at radius 1 is 0.829 bits per heavy atom. The van der Waals surface area contributed by atoms with Crippen molar-refractivity contribution in [2.45, 2.75) is 134 Å². The second kappa shape index (κ2) is 14.7. The highest BCUT2D eigenvalue weighted by Crippen LogP contribution is 2.61. The first-order chi connectivity index (χ1) is 18.6. The molecule has 0 radical (unpaired) electrons. The van der Waals surface area contributed by atoms with Gasteiger partial charge >= 0.3 is 19.5 Å². The van der Waals surface area contributed by atoms with Crippen LogP contribution in [0.4, 0.5) is 0 Å². The molecule has 1 saturated carbocycles. The quantitative estimate of drug-likeness (QED) is 0.0856. The van der Waals surface area contributed by atoms with Crippen molar-refractivity contribution in [2.75, 3.05) is 26.4 Å². The summed E-state index contributed by atoms with van der Waals surface area (Å²) in [6.07, 6.45) is 0.920.